The van der Waals surface area contributed by atoms with E-state index in [0.29, 0.717) is 0 Å². The Labute approximate surface area is 117 Å². The molecule has 7 nitrogen and oxygen atoms in total. The lowest BCUT2D eigenvalue weighted by atomic mass is 9.88. The van der Waals surface area contributed by atoms with Gasteiger partial charge in [0.15, 0.2) is 0 Å². The number of carboxylic acids is 2. The number of likely N-dealkylation sites (tertiary alicyclic amines) is 1. The number of carboxylic acid groups (broad SMARTS) is 2. The van der Waals surface area contributed by atoms with Crippen LogP contribution in [-0.2, 0) is 14.3 Å². The fraction of sp³-hybridized carbons (Fsp3) is 0.769. The van der Waals surface area contributed by atoms with Gasteiger partial charge < -0.3 is 19.8 Å². The zero-order chi connectivity index (χ0) is 15.5. The van der Waals surface area contributed by atoms with E-state index in [2.05, 4.69) is 0 Å². The minimum absolute atomic E-state index is 0.117. The summed E-state index contributed by atoms with van der Waals surface area (Å²) in [5.41, 5.74) is -0.637. The van der Waals surface area contributed by atoms with Gasteiger partial charge in [-0.1, -0.05) is 0 Å². The van der Waals surface area contributed by atoms with Crippen molar-refractivity contribution in [2.75, 3.05) is 13.1 Å². The van der Waals surface area contributed by atoms with E-state index in [-0.39, 0.29) is 25.9 Å². The largest absolute Gasteiger partial charge is 0.481 e. The average molecular weight is 287 g/mol. The summed E-state index contributed by atoms with van der Waals surface area (Å²) < 4.78 is 5.22. The predicted molar refractivity (Wildman–Crippen MR) is 69.3 cm³/mol. The van der Waals surface area contributed by atoms with E-state index in [9.17, 15) is 14.4 Å². The number of amides is 1. The molecule has 1 aliphatic heterocycles. The van der Waals surface area contributed by atoms with E-state index in [1.54, 1.807) is 20.8 Å². The Balaban J connectivity index is 2.76. The molecule has 2 N–H and O–H groups in total. The summed E-state index contributed by atoms with van der Waals surface area (Å²) in [4.78, 5) is 35.6. The second-order valence-electron chi connectivity index (χ2n) is 5.93. The van der Waals surface area contributed by atoms with Crippen LogP contribution < -0.4 is 0 Å². The van der Waals surface area contributed by atoms with Crippen LogP contribution in [0.4, 0.5) is 4.79 Å². The van der Waals surface area contributed by atoms with Crippen LogP contribution in [0.1, 0.15) is 33.6 Å². The van der Waals surface area contributed by atoms with Crippen molar-refractivity contribution in [3.05, 3.63) is 0 Å². The second kappa shape index (κ2) is 6.11. The van der Waals surface area contributed by atoms with E-state index in [0.717, 1.165) is 0 Å². The molecule has 1 fully saturated rings. The number of hydrogen-bond acceptors (Lipinski definition) is 4. The van der Waals surface area contributed by atoms with Crippen molar-refractivity contribution in [2.45, 2.75) is 39.2 Å². The molecule has 0 spiro atoms. The van der Waals surface area contributed by atoms with Crippen molar-refractivity contribution >= 4 is 18.0 Å². The van der Waals surface area contributed by atoms with E-state index >= 15 is 0 Å². The van der Waals surface area contributed by atoms with Gasteiger partial charge in [-0.05, 0) is 33.6 Å². The molecule has 1 amide bonds. The smallest absolute Gasteiger partial charge is 0.410 e. The van der Waals surface area contributed by atoms with Crippen LogP contribution in [0, 0.1) is 11.8 Å². The maximum absolute atomic E-state index is 11.9. The molecule has 114 valence electrons. The summed E-state index contributed by atoms with van der Waals surface area (Å²) in [5.74, 6) is -4.22. The standard InChI is InChI=1S/C13H21NO6/c1-13(2,3)20-12(19)14-6-4-8(10(15)16)9(5-7-14)11(17)18/h8-9H,4-7H2,1-3H3,(H,15,16)(H,17,18)/t8-,9-/m1/s1. The number of rotatable bonds is 2. The van der Waals surface area contributed by atoms with Crippen molar-refractivity contribution < 1.29 is 29.3 Å². The van der Waals surface area contributed by atoms with Gasteiger partial charge in [-0.25, -0.2) is 4.79 Å². The van der Waals surface area contributed by atoms with Crippen LogP contribution in [-0.4, -0.2) is 51.8 Å². The topological polar surface area (TPSA) is 104 Å². The van der Waals surface area contributed by atoms with Crippen LogP contribution in [0.5, 0.6) is 0 Å². The summed E-state index contributed by atoms with van der Waals surface area (Å²) in [6, 6.07) is 0. The molecular formula is C13H21NO6. The first kappa shape index (κ1) is 16.3. The first-order valence-corrected chi connectivity index (χ1v) is 6.55. The molecule has 0 aliphatic carbocycles. The van der Waals surface area contributed by atoms with Gasteiger partial charge in [-0.3, -0.25) is 9.59 Å². The monoisotopic (exact) mass is 287 g/mol. The van der Waals surface area contributed by atoms with E-state index in [4.69, 9.17) is 14.9 Å². The Bertz CT molecular complexity index is 376. The summed E-state index contributed by atoms with van der Waals surface area (Å²) in [6.07, 6.45) is -0.301. The van der Waals surface area contributed by atoms with Crippen molar-refractivity contribution in [1.29, 1.82) is 0 Å². The highest BCUT2D eigenvalue weighted by Gasteiger charge is 2.37. The third kappa shape index (κ3) is 4.40. The molecule has 1 saturated heterocycles. The van der Waals surface area contributed by atoms with Crippen molar-refractivity contribution in [1.82, 2.24) is 4.90 Å². The van der Waals surface area contributed by atoms with Gasteiger partial charge >= 0.3 is 18.0 Å². The number of aliphatic carboxylic acids is 2. The van der Waals surface area contributed by atoms with Crippen molar-refractivity contribution in [2.24, 2.45) is 11.8 Å². The summed E-state index contributed by atoms with van der Waals surface area (Å²) in [5, 5.41) is 18.2. The molecule has 0 aromatic carbocycles. The van der Waals surface area contributed by atoms with Crippen molar-refractivity contribution in [3.8, 4) is 0 Å². The summed E-state index contributed by atoms with van der Waals surface area (Å²) >= 11 is 0. The average Bonchev–Trinajstić information content (AvgIpc) is 2.48. The first-order chi connectivity index (χ1) is 9.11. The number of nitrogens with zero attached hydrogens (tertiary/aromatic N) is 1. The van der Waals surface area contributed by atoms with Gasteiger partial charge in [0.25, 0.3) is 0 Å². The normalized spacial score (nSPS) is 23.9. The van der Waals surface area contributed by atoms with E-state index < -0.39 is 35.5 Å². The third-order valence-electron chi connectivity index (χ3n) is 3.19. The lowest BCUT2D eigenvalue weighted by Gasteiger charge is -2.26. The maximum atomic E-state index is 11.9. The first-order valence-electron chi connectivity index (χ1n) is 6.55. The maximum Gasteiger partial charge on any atom is 0.410 e. The molecule has 0 saturated carbocycles. The van der Waals surface area contributed by atoms with E-state index in [1.165, 1.54) is 4.90 Å². The lowest BCUT2D eigenvalue weighted by molar-refractivity contribution is -0.153. The molecule has 7 heteroatoms. The van der Waals surface area contributed by atoms with Gasteiger partial charge in [0.2, 0.25) is 0 Å². The molecule has 1 rings (SSSR count). The minimum atomic E-state index is -1.14. The zero-order valence-electron chi connectivity index (χ0n) is 12.0. The molecular weight excluding hydrogens is 266 g/mol. The van der Waals surface area contributed by atoms with Crippen LogP contribution >= 0.6 is 0 Å². The molecule has 2 atom stereocenters. The number of carbonyl (C=O) groups excluding carboxylic acids is 1. The number of ether oxygens (including phenoxy) is 1. The molecule has 1 heterocycles. The van der Waals surface area contributed by atoms with Gasteiger partial charge in [0.05, 0.1) is 11.8 Å². The van der Waals surface area contributed by atoms with Crippen molar-refractivity contribution in [3.63, 3.8) is 0 Å². The lowest BCUT2D eigenvalue weighted by Crippen LogP contribution is -2.37. The molecule has 0 radical (unpaired) electrons. The molecule has 0 unspecified atom stereocenters. The highest BCUT2D eigenvalue weighted by atomic mass is 16.6. The highest BCUT2D eigenvalue weighted by Crippen LogP contribution is 2.26. The Hall–Kier alpha value is -1.79. The quantitative estimate of drug-likeness (QED) is 0.796. The Morgan fingerprint density at radius 3 is 1.70 bits per heavy atom. The second-order valence-corrected chi connectivity index (χ2v) is 5.93. The molecule has 0 aromatic heterocycles. The Kier molecular flexibility index (Phi) is 4.97. The Morgan fingerprint density at radius 2 is 1.40 bits per heavy atom. The molecule has 1 aliphatic rings. The molecule has 0 aromatic rings. The van der Waals surface area contributed by atoms with Crippen LogP contribution in [0.2, 0.25) is 0 Å². The highest BCUT2D eigenvalue weighted by molar-refractivity contribution is 5.80. The van der Waals surface area contributed by atoms with Gasteiger partial charge in [0, 0.05) is 13.1 Å². The fourth-order valence-corrected chi connectivity index (χ4v) is 2.20. The minimum Gasteiger partial charge on any atom is -0.481 e. The van der Waals surface area contributed by atoms with Crippen LogP contribution in [0.15, 0.2) is 0 Å². The fourth-order valence-electron chi connectivity index (χ4n) is 2.20. The summed E-state index contributed by atoms with van der Waals surface area (Å²) in [7, 11) is 0. The Morgan fingerprint density at radius 1 is 1.00 bits per heavy atom. The molecule has 20 heavy (non-hydrogen) atoms. The SMILES string of the molecule is CC(C)(C)OC(=O)N1CC[C@@H](C(=O)O)[C@H](C(=O)O)CC1. The predicted octanol–water partition coefficient (Wildman–Crippen LogP) is 1.42. The van der Waals surface area contributed by atoms with Crippen LogP contribution in [0.25, 0.3) is 0 Å². The van der Waals surface area contributed by atoms with Gasteiger partial charge in [0.1, 0.15) is 5.60 Å². The molecule has 0 bridgehead atoms. The zero-order valence-corrected chi connectivity index (χ0v) is 12.0. The van der Waals surface area contributed by atoms with Gasteiger partial charge in [-0.15, -0.1) is 0 Å². The van der Waals surface area contributed by atoms with E-state index in [1.807, 2.05) is 0 Å². The number of carbonyl (C=O) groups is 3. The van der Waals surface area contributed by atoms with Gasteiger partial charge in [-0.2, -0.15) is 0 Å². The van der Waals surface area contributed by atoms with Crippen LogP contribution in [0.3, 0.4) is 0 Å². The third-order valence-corrected chi connectivity index (χ3v) is 3.19. The summed E-state index contributed by atoms with van der Waals surface area (Å²) in [6.45, 7) is 5.60. The number of hydrogen-bond donors (Lipinski definition) is 2.